The van der Waals surface area contributed by atoms with Gasteiger partial charge in [0.25, 0.3) is 0 Å². The molecule has 4 atom stereocenters. The number of ether oxygens (including phenoxy) is 3. The Morgan fingerprint density at radius 3 is 2.52 bits per heavy atom. The monoisotopic (exact) mass is 869 g/mol. The normalized spacial score (nSPS) is 20.8. The summed E-state index contributed by atoms with van der Waals surface area (Å²) in [6.07, 6.45) is 9.62. The van der Waals surface area contributed by atoms with Gasteiger partial charge in [-0.3, -0.25) is 9.78 Å². The van der Waals surface area contributed by atoms with E-state index in [0.717, 1.165) is 75.1 Å². The molecule has 0 radical (unpaired) electrons. The standard InChI is InChI=1S/C49H56FN9O5/c1-5-37-40(50)15-12-32-21-35(60)22-38(42(32)37)43-46(44-39(23-51-43)47(57-24-33-13-14-34(25-57)52-33)54-49(53-44)64-36-16-19-62-20-17-36)63-27-30-8-10-31(11-9-30)41-26-59(56-55-41)45(28(2)3)48(61)58-18-6-7-29(58)4/h8-12,15,21-23,26,28-29,33-34,36,45,52,60H,5-7,13-14,16-20,24-25,27H2,1-4H3. The number of fused-ring (bicyclic) bond motifs is 4. The summed E-state index contributed by atoms with van der Waals surface area (Å²) in [5.41, 5.74) is 4.37. The zero-order chi connectivity index (χ0) is 44.1. The van der Waals surface area contributed by atoms with Gasteiger partial charge in [-0.1, -0.05) is 56.3 Å². The van der Waals surface area contributed by atoms with Crippen LogP contribution < -0.4 is 19.7 Å². The highest BCUT2D eigenvalue weighted by molar-refractivity contribution is 6.04. The summed E-state index contributed by atoms with van der Waals surface area (Å²) in [5, 5.41) is 25.8. The second-order valence-electron chi connectivity index (χ2n) is 18.3. The fourth-order valence-electron chi connectivity index (χ4n) is 10.2. The van der Waals surface area contributed by atoms with Crippen LogP contribution in [0.15, 0.2) is 60.9 Å². The number of anilines is 1. The Bertz CT molecular complexity index is 2670. The van der Waals surface area contributed by atoms with Gasteiger partial charge in [0.15, 0.2) is 5.75 Å². The Balaban J connectivity index is 1.04. The van der Waals surface area contributed by atoms with Gasteiger partial charge in [0.2, 0.25) is 5.91 Å². The SMILES string of the molecule is CCc1c(F)ccc2cc(O)cc(-c3ncc4c(N5CC6CCC(C5)N6)nc(OC5CCOCC5)nc4c3OCc3ccc(-c4cn(C(C(=O)N5CCCC5C)C(C)C)nn4)cc3)c12. The minimum atomic E-state index is -0.444. The van der Waals surface area contributed by atoms with Crippen LogP contribution in [0, 0.1) is 11.7 Å². The first-order valence-corrected chi connectivity index (χ1v) is 23.0. The van der Waals surface area contributed by atoms with E-state index in [1.54, 1.807) is 29.1 Å². The van der Waals surface area contributed by atoms with Gasteiger partial charge < -0.3 is 34.4 Å². The van der Waals surface area contributed by atoms with E-state index in [1.807, 2.05) is 56.1 Å². The van der Waals surface area contributed by atoms with Crippen molar-refractivity contribution in [2.45, 2.75) is 110 Å². The van der Waals surface area contributed by atoms with Crippen LogP contribution in [0.5, 0.6) is 17.5 Å². The number of hydrogen-bond donors (Lipinski definition) is 2. The summed E-state index contributed by atoms with van der Waals surface area (Å²) in [6.45, 7) is 11.8. The van der Waals surface area contributed by atoms with Gasteiger partial charge >= 0.3 is 6.01 Å². The zero-order valence-electron chi connectivity index (χ0n) is 37.0. The molecule has 4 unspecified atom stereocenters. The maximum atomic E-state index is 15.6. The number of likely N-dealkylation sites (tertiary alicyclic amines) is 1. The largest absolute Gasteiger partial charge is 0.508 e. The van der Waals surface area contributed by atoms with Crippen molar-refractivity contribution in [3.8, 4) is 40.0 Å². The number of piperazine rings is 1. The molecule has 4 fully saturated rings. The molecule has 10 rings (SSSR count). The van der Waals surface area contributed by atoms with Crippen LogP contribution in [0.3, 0.4) is 0 Å². The van der Waals surface area contributed by atoms with Gasteiger partial charge in [0, 0.05) is 67.9 Å². The third-order valence-electron chi connectivity index (χ3n) is 13.5. The van der Waals surface area contributed by atoms with Gasteiger partial charge in [-0.25, -0.2) is 9.07 Å². The molecule has 4 aliphatic heterocycles. The third-order valence-corrected chi connectivity index (χ3v) is 13.5. The van der Waals surface area contributed by atoms with Crippen molar-refractivity contribution in [2.24, 2.45) is 5.92 Å². The van der Waals surface area contributed by atoms with E-state index in [2.05, 4.69) is 27.5 Å². The average Bonchev–Trinajstić information content (AvgIpc) is 4.05. The molecule has 15 heteroatoms. The molecule has 0 aliphatic carbocycles. The van der Waals surface area contributed by atoms with E-state index < -0.39 is 6.04 Å². The summed E-state index contributed by atoms with van der Waals surface area (Å²) < 4.78 is 36.4. The maximum absolute atomic E-state index is 15.6. The lowest BCUT2D eigenvalue weighted by molar-refractivity contribution is -0.137. The fraction of sp³-hybridized carbons (Fsp3) is 0.469. The predicted molar refractivity (Wildman–Crippen MR) is 242 cm³/mol. The first-order chi connectivity index (χ1) is 31.1. The van der Waals surface area contributed by atoms with Crippen molar-refractivity contribution in [2.75, 3.05) is 37.7 Å². The second-order valence-corrected chi connectivity index (χ2v) is 18.3. The van der Waals surface area contributed by atoms with E-state index in [1.165, 1.54) is 6.07 Å². The Labute approximate surface area is 372 Å². The van der Waals surface area contributed by atoms with Crippen LogP contribution in [0.2, 0.25) is 0 Å². The fourth-order valence-corrected chi connectivity index (χ4v) is 10.2. The molecule has 2 bridgehead atoms. The predicted octanol–water partition coefficient (Wildman–Crippen LogP) is 7.80. The molecule has 334 valence electrons. The van der Waals surface area contributed by atoms with Crippen LogP contribution in [-0.2, 0) is 22.6 Å². The molecule has 2 N–H and O–H groups in total. The average molecular weight is 870 g/mol. The number of aryl methyl sites for hydroxylation is 1. The highest BCUT2D eigenvalue weighted by atomic mass is 19.1. The summed E-state index contributed by atoms with van der Waals surface area (Å²) >= 11 is 0. The Morgan fingerprint density at radius 1 is 1.02 bits per heavy atom. The smallest absolute Gasteiger partial charge is 0.319 e. The van der Waals surface area contributed by atoms with Crippen molar-refractivity contribution in [3.05, 3.63) is 77.9 Å². The molecule has 1 amide bonds. The molecule has 14 nitrogen and oxygen atoms in total. The van der Waals surface area contributed by atoms with Crippen molar-refractivity contribution in [1.29, 1.82) is 0 Å². The number of aromatic nitrogens is 6. The summed E-state index contributed by atoms with van der Waals surface area (Å²) in [6, 6.07) is 15.0. The number of pyridine rings is 1. The number of nitrogens with one attached hydrogen (secondary N) is 1. The van der Waals surface area contributed by atoms with E-state index >= 15 is 4.39 Å². The van der Waals surface area contributed by atoms with Crippen molar-refractivity contribution in [3.63, 3.8) is 0 Å². The summed E-state index contributed by atoms with van der Waals surface area (Å²) in [7, 11) is 0. The van der Waals surface area contributed by atoms with Crippen molar-refractivity contribution < 1.29 is 28.5 Å². The Kier molecular flexibility index (Phi) is 11.5. The molecular weight excluding hydrogens is 814 g/mol. The molecule has 3 aromatic carbocycles. The second kappa shape index (κ2) is 17.6. The topological polar surface area (TPSA) is 153 Å². The zero-order valence-corrected chi connectivity index (χ0v) is 37.0. The van der Waals surface area contributed by atoms with Crippen LogP contribution in [0.25, 0.3) is 44.2 Å². The highest BCUT2D eigenvalue weighted by Crippen LogP contribution is 2.44. The first kappa shape index (κ1) is 42.0. The number of carbonyl (C=O) groups excluding carboxylic acids is 1. The molecular formula is C49H56FN9O5. The quantitative estimate of drug-likeness (QED) is 0.123. The molecule has 6 aromatic rings. The number of nitrogens with zero attached hydrogens (tertiary/aromatic N) is 8. The highest BCUT2D eigenvalue weighted by Gasteiger charge is 2.36. The number of carbonyl (C=O) groups is 1. The molecule has 7 heterocycles. The van der Waals surface area contributed by atoms with E-state index in [0.29, 0.717) is 81.7 Å². The number of hydrogen-bond acceptors (Lipinski definition) is 12. The lowest BCUT2D eigenvalue weighted by Gasteiger charge is -2.34. The number of benzene rings is 3. The molecule has 0 saturated carbocycles. The van der Waals surface area contributed by atoms with E-state index in [9.17, 15) is 9.90 Å². The molecule has 4 saturated heterocycles. The minimum absolute atomic E-state index is 0.0226. The number of phenolic OH excluding ortho intramolecular Hbond substituents is 1. The number of halogens is 1. The van der Waals surface area contributed by atoms with Gasteiger partial charge in [-0.05, 0) is 85.0 Å². The number of rotatable bonds is 12. The van der Waals surface area contributed by atoms with Gasteiger partial charge in [-0.2, -0.15) is 9.97 Å². The summed E-state index contributed by atoms with van der Waals surface area (Å²) in [4.78, 5) is 33.2. The van der Waals surface area contributed by atoms with Crippen LogP contribution in [0.4, 0.5) is 10.2 Å². The molecule has 0 spiro atoms. The first-order valence-electron chi connectivity index (χ1n) is 23.0. The molecule has 3 aromatic heterocycles. The number of amides is 1. The Morgan fingerprint density at radius 2 is 1.80 bits per heavy atom. The number of aromatic hydroxyl groups is 1. The van der Waals surface area contributed by atoms with Gasteiger partial charge in [-0.15, -0.1) is 5.10 Å². The summed E-state index contributed by atoms with van der Waals surface area (Å²) in [5.74, 6) is 0.909. The van der Waals surface area contributed by atoms with Crippen LogP contribution in [-0.4, -0.2) is 103 Å². The third kappa shape index (κ3) is 8.08. The molecule has 64 heavy (non-hydrogen) atoms. The van der Waals surface area contributed by atoms with Crippen LogP contribution >= 0.6 is 0 Å². The lowest BCUT2D eigenvalue weighted by atomic mass is 9.94. The van der Waals surface area contributed by atoms with E-state index in [4.69, 9.17) is 29.2 Å². The Hall–Kier alpha value is -5.93. The van der Waals surface area contributed by atoms with E-state index in [-0.39, 0.29) is 48.2 Å². The number of phenols is 1. The van der Waals surface area contributed by atoms with Gasteiger partial charge in [0.05, 0.1) is 24.8 Å². The maximum Gasteiger partial charge on any atom is 0.319 e. The lowest BCUT2D eigenvalue weighted by Crippen LogP contribution is -2.51. The van der Waals surface area contributed by atoms with Crippen molar-refractivity contribution >= 4 is 33.4 Å². The molecule has 4 aliphatic rings. The van der Waals surface area contributed by atoms with Crippen LogP contribution in [0.1, 0.15) is 83.4 Å². The van der Waals surface area contributed by atoms with Crippen molar-refractivity contribution in [1.82, 2.24) is 40.2 Å². The minimum Gasteiger partial charge on any atom is -0.508 e. The van der Waals surface area contributed by atoms with Gasteiger partial charge in [0.1, 0.15) is 53.0 Å².